The fourth-order valence-electron chi connectivity index (χ4n) is 4.02. The van der Waals surface area contributed by atoms with Gasteiger partial charge in [-0.05, 0) is 49.2 Å². The number of carbonyl (C=O) groups excluding carboxylic acids is 1. The molecule has 0 radical (unpaired) electrons. The Balaban J connectivity index is 1.38. The molecule has 1 aromatic heterocycles. The molecule has 1 atom stereocenters. The fraction of sp³-hybridized carbons (Fsp3) is 0.192. The highest BCUT2D eigenvalue weighted by molar-refractivity contribution is 7.99. The number of amides is 1. The standard InChI is InChI=1S/C26H24N4O2S/c1-19(32-22-13-6-3-7-14-22)25-27-28-26(30(25)21-11-4-2-5-12-21)33-18-24(31)29-17-16-20-10-8-9-15-23(20)29/h2-15,19H,16-18H2,1H3. The Kier molecular flexibility index (Phi) is 6.13. The molecule has 0 fully saturated rings. The van der Waals surface area contributed by atoms with Gasteiger partial charge in [0.05, 0.1) is 5.75 Å². The molecule has 3 aromatic carbocycles. The minimum absolute atomic E-state index is 0.0719. The van der Waals surface area contributed by atoms with Gasteiger partial charge in [-0.15, -0.1) is 10.2 Å². The Bertz CT molecular complexity index is 1240. The van der Waals surface area contributed by atoms with Crippen molar-refractivity contribution in [1.82, 2.24) is 14.8 Å². The summed E-state index contributed by atoms with van der Waals surface area (Å²) in [7, 11) is 0. The Morgan fingerprint density at radius 1 is 0.970 bits per heavy atom. The maximum Gasteiger partial charge on any atom is 0.237 e. The van der Waals surface area contributed by atoms with Gasteiger partial charge in [-0.3, -0.25) is 9.36 Å². The van der Waals surface area contributed by atoms with Gasteiger partial charge in [-0.25, -0.2) is 0 Å². The van der Waals surface area contributed by atoms with Crippen molar-refractivity contribution in [3.63, 3.8) is 0 Å². The van der Waals surface area contributed by atoms with Crippen LogP contribution in [0.5, 0.6) is 5.75 Å². The minimum atomic E-state index is -0.324. The molecule has 0 bridgehead atoms. The van der Waals surface area contributed by atoms with Gasteiger partial charge in [0, 0.05) is 17.9 Å². The van der Waals surface area contributed by atoms with E-state index in [1.807, 2.05) is 95.3 Å². The van der Waals surface area contributed by atoms with E-state index in [2.05, 4.69) is 16.3 Å². The molecule has 0 saturated heterocycles. The summed E-state index contributed by atoms with van der Waals surface area (Å²) in [5, 5.41) is 9.53. The van der Waals surface area contributed by atoms with Gasteiger partial charge in [0.15, 0.2) is 17.1 Å². The lowest BCUT2D eigenvalue weighted by atomic mass is 10.2. The molecule has 6 nitrogen and oxygen atoms in total. The number of hydrogen-bond acceptors (Lipinski definition) is 5. The van der Waals surface area contributed by atoms with Crippen LogP contribution in [-0.2, 0) is 11.2 Å². The van der Waals surface area contributed by atoms with E-state index in [4.69, 9.17) is 4.74 Å². The summed E-state index contributed by atoms with van der Waals surface area (Å²) in [6, 6.07) is 27.7. The molecule has 33 heavy (non-hydrogen) atoms. The van der Waals surface area contributed by atoms with Crippen molar-refractivity contribution in [3.05, 3.63) is 96.3 Å². The highest BCUT2D eigenvalue weighted by Crippen LogP contribution is 2.31. The van der Waals surface area contributed by atoms with E-state index in [0.29, 0.717) is 11.0 Å². The summed E-state index contributed by atoms with van der Waals surface area (Å²) in [5.41, 5.74) is 3.16. The Hall–Kier alpha value is -3.58. The summed E-state index contributed by atoms with van der Waals surface area (Å²) in [6.07, 6.45) is 0.571. The second-order valence-corrected chi connectivity index (χ2v) is 8.74. The summed E-state index contributed by atoms with van der Waals surface area (Å²) < 4.78 is 8.09. The lowest BCUT2D eigenvalue weighted by Crippen LogP contribution is -2.30. The van der Waals surface area contributed by atoms with Crippen LogP contribution in [0.2, 0.25) is 0 Å². The monoisotopic (exact) mass is 456 g/mol. The van der Waals surface area contributed by atoms with Gasteiger partial charge in [0.1, 0.15) is 5.75 Å². The molecular weight excluding hydrogens is 432 g/mol. The lowest BCUT2D eigenvalue weighted by molar-refractivity contribution is -0.116. The molecule has 7 heteroatoms. The third kappa shape index (κ3) is 4.50. The van der Waals surface area contributed by atoms with Crippen LogP contribution in [0.1, 0.15) is 24.4 Å². The zero-order valence-corrected chi connectivity index (χ0v) is 19.1. The van der Waals surface area contributed by atoms with Crippen LogP contribution in [0.25, 0.3) is 5.69 Å². The molecule has 1 unspecified atom stereocenters. The van der Waals surface area contributed by atoms with E-state index in [-0.39, 0.29) is 17.8 Å². The largest absolute Gasteiger partial charge is 0.483 e. The Labute approximate surface area is 197 Å². The third-order valence-corrected chi connectivity index (χ3v) is 6.52. The topological polar surface area (TPSA) is 60.3 Å². The van der Waals surface area contributed by atoms with E-state index < -0.39 is 0 Å². The number of hydrogen-bond donors (Lipinski definition) is 0. The summed E-state index contributed by atoms with van der Waals surface area (Å²) in [6.45, 7) is 2.68. The maximum absolute atomic E-state index is 13.0. The van der Waals surface area contributed by atoms with Crippen LogP contribution >= 0.6 is 11.8 Å². The highest BCUT2D eigenvalue weighted by Gasteiger charge is 2.26. The molecule has 1 aliphatic rings. The number of benzene rings is 3. The average molecular weight is 457 g/mol. The van der Waals surface area contributed by atoms with Gasteiger partial charge in [-0.2, -0.15) is 0 Å². The first-order chi connectivity index (χ1) is 16.2. The van der Waals surface area contributed by atoms with E-state index in [9.17, 15) is 4.79 Å². The van der Waals surface area contributed by atoms with Gasteiger partial charge in [-0.1, -0.05) is 66.4 Å². The van der Waals surface area contributed by atoms with Crippen molar-refractivity contribution in [2.45, 2.75) is 24.6 Å². The predicted octanol–water partition coefficient (Wildman–Crippen LogP) is 5.09. The highest BCUT2D eigenvalue weighted by atomic mass is 32.2. The molecule has 0 spiro atoms. The number of para-hydroxylation sites is 3. The zero-order chi connectivity index (χ0) is 22.6. The van der Waals surface area contributed by atoms with Crippen LogP contribution in [0, 0.1) is 0 Å². The van der Waals surface area contributed by atoms with E-state index in [1.54, 1.807) is 0 Å². The lowest BCUT2D eigenvalue weighted by Gasteiger charge is -2.18. The number of fused-ring (bicyclic) bond motifs is 1. The van der Waals surface area contributed by atoms with Crippen LogP contribution in [0.3, 0.4) is 0 Å². The average Bonchev–Trinajstić information content (AvgIpc) is 3.48. The second kappa shape index (κ2) is 9.50. The number of nitrogens with zero attached hydrogens (tertiary/aromatic N) is 4. The van der Waals surface area contributed by atoms with Crippen molar-refractivity contribution in [2.75, 3.05) is 17.2 Å². The van der Waals surface area contributed by atoms with Crippen LogP contribution in [0.15, 0.2) is 90.1 Å². The van der Waals surface area contributed by atoms with Gasteiger partial charge >= 0.3 is 0 Å². The van der Waals surface area contributed by atoms with Crippen LogP contribution in [0.4, 0.5) is 5.69 Å². The molecule has 0 aliphatic carbocycles. The number of anilines is 1. The number of ether oxygens (including phenoxy) is 1. The van der Waals surface area contributed by atoms with Crippen molar-refractivity contribution < 1.29 is 9.53 Å². The van der Waals surface area contributed by atoms with E-state index in [1.165, 1.54) is 17.3 Å². The van der Waals surface area contributed by atoms with Gasteiger partial charge < -0.3 is 9.64 Å². The van der Waals surface area contributed by atoms with Crippen LogP contribution in [-0.4, -0.2) is 33.0 Å². The number of rotatable bonds is 7. The molecule has 1 aliphatic heterocycles. The molecular formula is C26H24N4O2S. The van der Waals surface area contributed by atoms with Crippen molar-refractivity contribution in [2.24, 2.45) is 0 Å². The van der Waals surface area contributed by atoms with Gasteiger partial charge in [0.25, 0.3) is 0 Å². The number of carbonyl (C=O) groups is 1. The zero-order valence-electron chi connectivity index (χ0n) is 18.3. The molecule has 5 rings (SSSR count). The summed E-state index contributed by atoms with van der Waals surface area (Å²) in [4.78, 5) is 14.9. The molecule has 1 amide bonds. The second-order valence-electron chi connectivity index (χ2n) is 7.80. The maximum atomic E-state index is 13.0. The van der Waals surface area contributed by atoms with Crippen LogP contribution < -0.4 is 9.64 Å². The number of aromatic nitrogens is 3. The van der Waals surface area contributed by atoms with Crippen molar-refractivity contribution in [3.8, 4) is 11.4 Å². The normalized spacial score (nSPS) is 13.5. The smallest absolute Gasteiger partial charge is 0.237 e. The van der Waals surface area contributed by atoms with Crippen molar-refractivity contribution in [1.29, 1.82) is 0 Å². The molecule has 166 valence electrons. The van der Waals surface area contributed by atoms with E-state index >= 15 is 0 Å². The van der Waals surface area contributed by atoms with E-state index in [0.717, 1.165) is 30.1 Å². The SMILES string of the molecule is CC(Oc1ccccc1)c1nnc(SCC(=O)N2CCc3ccccc32)n1-c1ccccc1. The van der Waals surface area contributed by atoms with Gasteiger partial charge in [0.2, 0.25) is 5.91 Å². The molecule has 0 saturated carbocycles. The fourth-order valence-corrected chi connectivity index (χ4v) is 4.85. The third-order valence-electron chi connectivity index (χ3n) is 5.61. The summed E-state index contributed by atoms with van der Waals surface area (Å²) >= 11 is 1.40. The Morgan fingerprint density at radius 3 is 2.45 bits per heavy atom. The first kappa shape index (κ1) is 21.3. The van der Waals surface area contributed by atoms with Crippen molar-refractivity contribution >= 4 is 23.4 Å². The first-order valence-corrected chi connectivity index (χ1v) is 11.9. The molecule has 4 aromatic rings. The summed E-state index contributed by atoms with van der Waals surface area (Å²) in [5.74, 6) is 1.81. The molecule has 0 N–H and O–H groups in total. The molecule has 2 heterocycles. The quantitative estimate of drug-likeness (QED) is 0.363. The minimum Gasteiger partial charge on any atom is -0.483 e. The number of thioether (sulfide) groups is 1. The predicted molar refractivity (Wildman–Crippen MR) is 130 cm³/mol. The Morgan fingerprint density at radius 2 is 1.67 bits per heavy atom. The first-order valence-electron chi connectivity index (χ1n) is 10.9.